The standard InChI is InChI=1S/C15H30N2O3/c1-6-19-9-14(10(2)3)17-15(18)16-13-7-11(4)20-12(5)8-13/h10-14H,6-9H2,1-5H3,(H2,16,17,18). The van der Waals surface area contributed by atoms with Crippen LogP contribution in [0.2, 0.25) is 0 Å². The normalized spacial score (nSPS) is 28.2. The van der Waals surface area contributed by atoms with Gasteiger partial charge in [-0.15, -0.1) is 0 Å². The summed E-state index contributed by atoms with van der Waals surface area (Å²) in [5, 5.41) is 6.07. The molecule has 1 aliphatic rings. The highest BCUT2D eigenvalue weighted by Crippen LogP contribution is 2.18. The van der Waals surface area contributed by atoms with Gasteiger partial charge in [0.05, 0.1) is 24.9 Å². The van der Waals surface area contributed by atoms with Gasteiger partial charge in [0.25, 0.3) is 0 Å². The molecule has 5 heteroatoms. The summed E-state index contributed by atoms with van der Waals surface area (Å²) >= 11 is 0. The van der Waals surface area contributed by atoms with Crippen molar-refractivity contribution in [2.75, 3.05) is 13.2 Å². The van der Waals surface area contributed by atoms with E-state index in [1.54, 1.807) is 0 Å². The van der Waals surface area contributed by atoms with Crippen molar-refractivity contribution in [2.24, 2.45) is 5.92 Å². The number of amides is 2. The maximum Gasteiger partial charge on any atom is 0.315 e. The molecule has 2 N–H and O–H groups in total. The summed E-state index contributed by atoms with van der Waals surface area (Å²) in [5.74, 6) is 0.347. The second kappa shape index (κ2) is 8.47. The molecular formula is C15H30N2O3. The molecule has 0 radical (unpaired) electrons. The number of hydrogen-bond acceptors (Lipinski definition) is 3. The summed E-state index contributed by atoms with van der Waals surface area (Å²) in [6.45, 7) is 11.5. The van der Waals surface area contributed by atoms with E-state index in [0.717, 1.165) is 12.8 Å². The van der Waals surface area contributed by atoms with E-state index in [1.165, 1.54) is 0 Å². The minimum absolute atomic E-state index is 0.0460. The van der Waals surface area contributed by atoms with Crippen LogP contribution in [-0.4, -0.2) is 43.5 Å². The first-order valence-electron chi connectivity index (χ1n) is 7.72. The Morgan fingerprint density at radius 1 is 1.30 bits per heavy atom. The molecule has 1 heterocycles. The third kappa shape index (κ3) is 6.09. The minimum Gasteiger partial charge on any atom is -0.380 e. The van der Waals surface area contributed by atoms with E-state index in [2.05, 4.69) is 24.5 Å². The number of hydrogen-bond donors (Lipinski definition) is 2. The van der Waals surface area contributed by atoms with Crippen LogP contribution in [0.3, 0.4) is 0 Å². The van der Waals surface area contributed by atoms with Gasteiger partial charge in [0, 0.05) is 12.6 Å². The van der Waals surface area contributed by atoms with Gasteiger partial charge in [-0.2, -0.15) is 0 Å². The molecule has 20 heavy (non-hydrogen) atoms. The molecule has 118 valence electrons. The van der Waals surface area contributed by atoms with Gasteiger partial charge in [0.15, 0.2) is 0 Å². The van der Waals surface area contributed by atoms with Crippen LogP contribution < -0.4 is 10.6 Å². The first kappa shape index (κ1) is 17.2. The lowest BCUT2D eigenvalue weighted by Crippen LogP contribution is -2.52. The zero-order valence-electron chi connectivity index (χ0n) is 13.4. The molecule has 1 fully saturated rings. The molecule has 3 atom stereocenters. The molecule has 3 unspecified atom stereocenters. The predicted octanol–water partition coefficient (Wildman–Crippen LogP) is 2.30. The number of urea groups is 1. The van der Waals surface area contributed by atoms with Gasteiger partial charge in [-0.05, 0) is 39.5 Å². The summed E-state index contributed by atoms with van der Waals surface area (Å²) in [5.41, 5.74) is 0. The summed E-state index contributed by atoms with van der Waals surface area (Å²) < 4.78 is 11.1. The van der Waals surface area contributed by atoms with Gasteiger partial charge in [-0.1, -0.05) is 13.8 Å². The molecular weight excluding hydrogens is 256 g/mol. The van der Waals surface area contributed by atoms with Crippen molar-refractivity contribution >= 4 is 6.03 Å². The second-order valence-corrected chi connectivity index (χ2v) is 6.05. The van der Waals surface area contributed by atoms with Crippen LogP contribution >= 0.6 is 0 Å². The Morgan fingerprint density at radius 2 is 1.90 bits per heavy atom. The lowest BCUT2D eigenvalue weighted by atomic mass is 10.00. The molecule has 0 aliphatic carbocycles. The zero-order valence-corrected chi connectivity index (χ0v) is 13.4. The lowest BCUT2D eigenvalue weighted by molar-refractivity contribution is -0.0403. The smallest absolute Gasteiger partial charge is 0.315 e. The van der Waals surface area contributed by atoms with E-state index in [4.69, 9.17) is 9.47 Å². The van der Waals surface area contributed by atoms with Gasteiger partial charge < -0.3 is 20.1 Å². The van der Waals surface area contributed by atoms with Gasteiger partial charge >= 0.3 is 6.03 Å². The van der Waals surface area contributed by atoms with Gasteiger partial charge in [-0.3, -0.25) is 0 Å². The average Bonchev–Trinajstić information content (AvgIpc) is 2.32. The number of rotatable bonds is 6. The van der Waals surface area contributed by atoms with Crippen LogP contribution in [0.25, 0.3) is 0 Å². The second-order valence-electron chi connectivity index (χ2n) is 6.05. The molecule has 0 aromatic heterocycles. The lowest BCUT2D eigenvalue weighted by Gasteiger charge is -2.33. The molecule has 0 bridgehead atoms. The van der Waals surface area contributed by atoms with Crippen molar-refractivity contribution in [1.82, 2.24) is 10.6 Å². The van der Waals surface area contributed by atoms with Crippen LogP contribution in [0, 0.1) is 5.92 Å². The number of nitrogens with one attached hydrogen (secondary N) is 2. The fourth-order valence-electron chi connectivity index (χ4n) is 2.56. The fourth-order valence-corrected chi connectivity index (χ4v) is 2.56. The highest BCUT2D eigenvalue weighted by atomic mass is 16.5. The van der Waals surface area contributed by atoms with Crippen LogP contribution in [0.5, 0.6) is 0 Å². The Labute approximate surface area is 122 Å². The van der Waals surface area contributed by atoms with Gasteiger partial charge in [0.2, 0.25) is 0 Å². The van der Waals surface area contributed by atoms with E-state index in [1.807, 2.05) is 20.8 Å². The topological polar surface area (TPSA) is 59.6 Å². The minimum atomic E-state index is -0.102. The molecule has 1 aliphatic heterocycles. The molecule has 1 rings (SSSR count). The van der Waals surface area contributed by atoms with Crippen LogP contribution in [0.1, 0.15) is 47.5 Å². The van der Waals surface area contributed by atoms with Crippen LogP contribution in [-0.2, 0) is 9.47 Å². The zero-order chi connectivity index (χ0) is 15.1. The van der Waals surface area contributed by atoms with Crippen molar-refractivity contribution in [3.63, 3.8) is 0 Å². The summed E-state index contributed by atoms with van der Waals surface area (Å²) in [7, 11) is 0. The Balaban J connectivity index is 2.40. The van der Waals surface area contributed by atoms with Crippen molar-refractivity contribution < 1.29 is 14.3 Å². The molecule has 2 amide bonds. The first-order valence-corrected chi connectivity index (χ1v) is 7.72. The highest BCUT2D eigenvalue weighted by Gasteiger charge is 2.26. The summed E-state index contributed by atoms with van der Waals surface area (Å²) in [6.07, 6.45) is 2.15. The third-order valence-corrected chi connectivity index (χ3v) is 3.66. The SMILES string of the molecule is CCOCC(NC(=O)NC1CC(C)OC(C)C1)C(C)C. The van der Waals surface area contributed by atoms with E-state index >= 15 is 0 Å². The van der Waals surface area contributed by atoms with Crippen molar-refractivity contribution in [3.8, 4) is 0 Å². The van der Waals surface area contributed by atoms with E-state index in [9.17, 15) is 4.79 Å². The number of carbonyl (C=O) groups is 1. The summed E-state index contributed by atoms with van der Waals surface area (Å²) in [4.78, 5) is 12.1. The molecule has 0 saturated carbocycles. The molecule has 0 aromatic carbocycles. The number of ether oxygens (including phenoxy) is 2. The largest absolute Gasteiger partial charge is 0.380 e. The van der Waals surface area contributed by atoms with Crippen molar-refractivity contribution in [3.05, 3.63) is 0 Å². The van der Waals surface area contributed by atoms with Crippen molar-refractivity contribution in [2.45, 2.75) is 71.8 Å². The van der Waals surface area contributed by atoms with Crippen molar-refractivity contribution in [1.29, 1.82) is 0 Å². The Hall–Kier alpha value is -0.810. The number of carbonyl (C=O) groups excluding carboxylic acids is 1. The molecule has 0 spiro atoms. The Kier molecular flexibility index (Phi) is 7.30. The van der Waals surface area contributed by atoms with E-state index < -0.39 is 0 Å². The maximum atomic E-state index is 12.1. The van der Waals surface area contributed by atoms with E-state index in [0.29, 0.717) is 19.1 Å². The molecule has 5 nitrogen and oxygen atoms in total. The van der Waals surface area contributed by atoms with Gasteiger partial charge in [-0.25, -0.2) is 4.79 Å². The maximum absolute atomic E-state index is 12.1. The van der Waals surface area contributed by atoms with Crippen LogP contribution in [0.4, 0.5) is 4.79 Å². The van der Waals surface area contributed by atoms with E-state index in [-0.39, 0.29) is 30.3 Å². The first-order chi connectivity index (χ1) is 9.42. The highest BCUT2D eigenvalue weighted by molar-refractivity contribution is 5.74. The Morgan fingerprint density at radius 3 is 2.40 bits per heavy atom. The summed E-state index contributed by atoms with van der Waals surface area (Å²) in [6, 6.07) is 0.132. The molecule has 0 aromatic rings. The monoisotopic (exact) mass is 286 g/mol. The van der Waals surface area contributed by atoms with Gasteiger partial charge in [0.1, 0.15) is 0 Å². The quantitative estimate of drug-likeness (QED) is 0.787. The fraction of sp³-hybridized carbons (Fsp3) is 0.933. The van der Waals surface area contributed by atoms with Crippen LogP contribution in [0.15, 0.2) is 0 Å². The average molecular weight is 286 g/mol. The Bertz CT molecular complexity index is 287. The molecule has 1 saturated heterocycles. The third-order valence-electron chi connectivity index (χ3n) is 3.66. The predicted molar refractivity (Wildman–Crippen MR) is 79.8 cm³/mol.